The minimum Gasteiger partial charge on any atom is -0.343 e. The van der Waals surface area contributed by atoms with E-state index in [4.69, 9.17) is 0 Å². The Kier molecular flexibility index (Phi) is 5.33. The Hall–Kier alpha value is -2.72. The molecule has 1 fully saturated rings. The van der Waals surface area contributed by atoms with Crippen LogP contribution < -0.4 is 21.3 Å². The molecule has 1 aliphatic rings. The molecule has 2 atom stereocenters. The minimum absolute atomic E-state index is 0.0316. The van der Waals surface area contributed by atoms with Crippen molar-refractivity contribution in [3.63, 3.8) is 0 Å². The summed E-state index contributed by atoms with van der Waals surface area (Å²) < 4.78 is 1.45. The Labute approximate surface area is 154 Å². The summed E-state index contributed by atoms with van der Waals surface area (Å²) in [4.78, 5) is 36.9. The van der Waals surface area contributed by atoms with E-state index in [2.05, 4.69) is 26.4 Å². The van der Waals surface area contributed by atoms with Crippen LogP contribution in [-0.2, 0) is 20.9 Å². The van der Waals surface area contributed by atoms with Gasteiger partial charge in [-0.2, -0.15) is 5.10 Å². The highest BCUT2D eigenvalue weighted by Crippen LogP contribution is 2.17. The predicted octanol–water partition coefficient (Wildman–Crippen LogP) is 0.462. The van der Waals surface area contributed by atoms with Crippen LogP contribution in [0.4, 0.5) is 5.82 Å². The molecule has 9 nitrogen and oxygen atoms in total. The molecule has 0 spiro atoms. The molecule has 3 rings (SSSR count). The third-order valence-corrected chi connectivity index (χ3v) is 4.66. The highest BCUT2D eigenvalue weighted by molar-refractivity contribution is 7.09. The molecular formula is C16H20N6O3S. The topological polar surface area (TPSA) is 117 Å². The van der Waals surface area contributed by atoms with Crippen LogP contribution in [0.1, 0.15) is 30.2 Å². The number of carbonyl (C=O) groups excluding carboxylic acids is 3. The van der Waals surface area contributed by atoms with Crippen molar-refractivity contribution in [2.45, 2.75) is 39.1 Å². The van der Waals surface area contributed by atoms with E-state index in [1.54, 1.807) is 13.0 Å². The molecule has 0 bridgehead atoms. The zero-order valence-corrected chi connectivity index (χ0v) is 15.2. The number of carbonyl (C=O) groups is 3. The van der Waals surface area contributed by atoms with Gasteiger partial charge in [0.15, 0.2) is 6.29 Å². The van der Waals surface area contributed by atoms with Crippen LogP contribution in [0.15, 0.2) is 23.6 Å². The fourth-order valence-corrected chi connectivity index (χ4v) is 3.28. The van der Waals surface area contributed by atoms with E-state index in [0.717, 1.165) is 4.88 Å². The lowest BCUT2D eigenvalue weighted by Gasteiger charge is -2.30. The molecule has 10 heteroatoms. The lowest BCUT2D eigenvalue weighted by atomic mass is 10.2. The maximum absolute atomic E-state index is 12.2. The fourth-order valence-electron chi connectivity index (χ4n) is 2.63. The minimum atomic E-state index is -0.794. The molecule has 0 radical (unpaired) electrons. The first-order valence-corrected chi connectivity index (χ1v) is 9.03. The molecule has 138 valence electrons. The Morgan fingerprint density at radius 1 is 1.42 bits per heavy atom. The van der Waals surface area contributed by atoms with Crippen molar-refractivity contribution in [3.05, 3.63) is 34.2 Å². The van der Waals surface area contributed by atoms with E-state index in [-0.39, 0.29) is 11.9 Å². The maximum atomic E-state index is 12.2. The molecule has 1 saturated heterocycles. The number of amides is 3. The molecule has 1 aliphatic heterocycles. The number of rotatable bonds is 4. The van der Waals surface area contributed by atoms with Gasteiger partial charge in [-0.3, -0.25) is 19.7 Å². The summed E-state index contributed by atoms with van der Waals surface area (Å²) in [5.41, 5.74) is 0.647. The number of nitrogens with zero attached hydrogens (tertiary/aromatic N) is 2. The number of hydrogen-bond donors (Lipinski definition) is 4. The molecule has 26 heavy (non-hydrogen) atoms. The van der Waals surface area contributed by atoms with E-state index in [9.17, 15) is 14.4 Å². The van der Waals surface area contributed by atoms with E-state index in [1.165, 1.54) is 16.0 Å². The Bertz CT molecular complexity index is 816. The largest absolute Gasteiger partial charge is 0.343 e. The SMILES string of the molecule is Cc1cc(NC(=O)C(=O)NCc2cccs2)n(C2NC(=O)CC(C)N2)n1. The zero-order valence-electron chi connectivity index (χ0n) is 14.4. The molecule has 2 aromatic rings. The summed E-state index contributed by atoms with van der Waals surface area (Å²) in [6, 6.07) is 5.35. The third kappa shape index (κ3) is 4.27. The van der Waals surface area contributed by atoms with Gasteiger partial charge in [-0.05, 0) is 25.3 Å². The summed E-state index contributed by atoms with van der Waals surface area (Å²) in [5, 5.41) is 17.3. The molecular weight excluding hydrogens is 356 g/mol. The zero-order chi connectivity index (χ0) is 18.7. The first-order chi connectivity index (χ1) is 12.4. The molecule has 2 unspecified atom stereocenters. The summed E-state index contributed by atoms with van der Waals surface area (Å²) in [6.07, 6.45) is -0.228. The quantitative estimate of drug-likeness (QED) is 0.579. The van der Waals surface area contributed by atoms with Crippen LogP contribution in [0.5, 0.6) is 0 Å². The van der Waals surface area contributed by atoms with Crippen molar-refractivity contribution in [2.75, 3.05) is 5.32 Å². The van der Waals surface area contributed by atoms with Crippen LogP contribution in [0, 0.1) is 6.92 Å². The van der Waals surface area contributed by atoms with Crippen LogP contribution in [0.25, 0.3) is 0 Å². The summed E-state index contributed by atoms with van der Waals surface area (Å²) >= 11 is 1.50. The number of hydrogen-bond acceptors (Lipinski definition) is 6. The normalized spacial score (nSPS) is 19.7. The van der Waals surface area contributed by atoms with E-state index in [0.29, 0.717) is 24.5 Å². The van der Waals surface area contributed by atoms with Crippen molar-refractivity contribution in [2.24, 2.45) is 0 Å². The molecule has 4 N–H and O–H groups in total. The fraction of sp³-hybridized carbons (Fsp3) is 0.375. The number of nitrogens with one attached hydrogen (secondary N) is 4. The number of thiophene rings is 1. The maximum Gasteiger partial charge on any atom is 0.314 e. The van der Waals surface area contributed by atoms with Gasteiger partial charge in [0.1, 0.15) is 5.82 Å². The second kappa shape index (κ2) is 7.67. The average Bonchev–Trinajstić information content (AvgIpc) is 3.21. The van der Waals surface area contributed by atoms with Crippen LogP contribution in [0.3, 0.4) is 0 Å². The van der Waals surface area contributed by atoms with Crippen molar-refractivity contribution in [3.8, 4) is 0 Å². The first-order valence-electron chi connectivity index (χ1n) is 8.15. The molecule has 0 aliphatic carbocycles. The van der Waals surface area contributed by atoms with Gasteiger partial charge in [-0.1, -0.05) is 6.07 Å². The second-order valence-electron chi connectivity index (χ2n) is 6.07. The highest BCUT2D eigenvalue weighted by atomic mass is 32.1. The molecule has 3 heterocycles. The standard InChI is InChI=1S/C16H20N6O3S/c1-9-7-13(23)20-16(18-9)22-12(6-10(2)21-22)19-15(25)14(24)17-8-11-4-3-5-26-11/h3-6,9,16,18H,7-8H2,1-2H3,(H,17,24)(H,19,25)(H,20,23). The molecule has 0 saturated carbocycles. The van der Waals surface area contributed by atoms with Crippen molar-refractivity contribution in [1.82, 2.24) is 25.7 Å². The second-order valence-corrected chi connectivity index (χ2v) is 7.11. The van der Waals surface area contributed by atoms with Crippen LogP contribution in [-0.4, -0.2) is 33.5 Å². The average molecular weight is 376 g/mol. The Balaban J connectivity index is 1.66. The number of aryl methyl sites for hydroxylation is 1. The number of anilines is 1. The van der Waals surface area contributed by atoms with Gasteiger partial charge in [-0.15, -0.1) is 11.3 Å². The lowest BCUT2D eigenvalue weighted by Crippen LogP contribution is -2.52. The van der Waals surface area contributed by atoms with Gasteiger partial charge in [0.2, 0.25) is 5.91 Å². The van der Waals surface area contributed by atoms with E-state index >= 15 is 0 Å². The first kappa shape index (κ1) is 18.1. The molecule has 0 aromatic carbocycles. The lowest BCUT2D eigenvalue weighted by molar-refractivity contribution is -0.136. The van der Waals surface area contributed by atoms with E-state index in [1.807, 2.05) is 24.4 Å². The Morgan fingerprint density at radius 3 is 2.92 bits per heavy atom. The van der Waals surface area contributed by atoms with Gasteiger partial charge in [0, 0.05) is 23.4 Å². The van der Waals surface area contributed by atoms with Crippen LogP contribution in [0.2, 0.25) is 0 Å². The monoisotopic (exact) mass is 376 g/mol. The van der Waals surface area contributed by atoms with Gasteiger partial charge in [-0.25, -0.2) is 4.68 Å². The van der Waals surface area contributed by atoms with Gasteiger partial charge < -0.3 is 16.0 Å². The smallest absolute Gasteiger partial charge is 0.314 e. The van der Waals surface area contributed by atoms with Crippen molar-refractivity contribution >= 4 is 34.9 Å². The summed E-state index contributed by atoms with van der Waals surface area (Å²) in [6.45, 7) is 3.94. The van der Waals surface area contributed by atoms with Crippen molar-refractivity contribution in [1.29, 1.82) is 0 Å². The summed E-state index contributed by atoms with van der Waals surface area (Å²) in [7, 11) is 0. The van der Waals surface area contributed by atoms with E-state index < -0.39 is 18.1 Å². The molecule has 2 aromatic heterocycles. The Morgan fingerprint density at radius 2 is 2.23 bits per heavy atom. The molecule has 3 amide bonds. The third-order valence-electron chi connectivity index (χ3n) is 3.79. The number of aromatic nitrogens is 2. The van der Waals surface area contributed by atoms with Gasteiger partial charge >= 0.3 is 11.8 Å². The van der Waals surface area contributed by atoms with Crippen molar-refractivity contribution < 1.29 is 14.4 Å². The van der Waals surface area contributed by atoms with Gasteiger partial charge in [0.25, 0.3) is 0 Å². The highest BCUT2D eigenvalue weighted by Gasteiger charge is 2.27. The van der Waals surface area contributed by atoms with Gasteiger partial charge in [0.05, 0.1) is 12.2 Å². The van der Waals surface area contributed by atoms with Crippen LogP contribution >= 0.6 is 11.3 Å². The summed E-state index contributed by atoms with van der Waals surface area (Å²) in [5.74, 6) is -1.32. The predicted molar refractivity (Wildman–Crippen MR) is 96.2 cm³/mol.